The highest BCUT2D eigenvalue weighted by Crippen LogP contribution is 2.39. The van der Waals surface area contributed by atoms with Crippen LogP contribution in [0.2, 0.25) is 0 Å². The van der Waals surface area contributed by atoms with Crippen LogP contribution < -0.4 is 20.5 Å². The van der Waals surface area contributed by atoms with Crippen LogP contribution in [0.3, 0.4) is 0 Å². The van der Waals surface area contributed by atoms with Crippen LogP contribution in [-0.2, 0) is 0 Å². The van der Waals surface area contributed by atoms with Gasteiger partial charge in [-0.25, -0.2) is 0 Å². The molecule has 4 heteroatoms. The van der Waals surface area contributed by atoms with Gasteiger partial charge < -0.3 is 20.5 Å². The van der Waals surface area contributed by atoms with E-state index in [0.29, 0.717) is 5.92 Å². The summed E-state index contributed by atoms with van der Waals surface area (Å²) in [5, 5.41) is 3.37. The number of ether oxygens (including phenoxy) is 2. The van der Waals surface area contributed by atoms with Crippen molar-refractivity contribution < 1.29 is 9.47 Å². The Hall–Kier alpha value is -1.26. The summed E-state index contributed by atoms with van der Waals surface area (Å²) in [6.07, 6.45) is 2.20. The number of rotatable bonds is 4. The van der Waals surface area contributed by atoms with Gasteiger partial charge in [-0.15, -0.1) is 0 Å². The number of nitrogens with two attached hydrogens (primary N) is 1. The number of benzene rings is 1. The number of piperidine rings is 1. The van der Waals surface area contributed by atoms with E-state index < -0.39 is 0 Å². The lowest BCUT2D eigenvalue weighted by Crippen LogP contribution is -2.34. The first-order valence-corrected chi connectivity index (χ1v) is 6.86. The molecule has 1 heterocycles. The molecular weight excluding hydrogens is 240 g/mol. The Morgan fingerprint density at radius 2 is 1.68 bits per heavy atom. The second-order valence-electron chi connectivity index (χ2n) is 5.20. The van der Waals surface area contributed by atoms with Crippen LogP contribution in [0.4, 0.5) is 0 Å². The first kappa shape index (κ1) is 14.2. The molecule has 1 aliphatic heterocycles. The van der Waals surface area contributed by atoms with E-state index in [1.54, 1.807) is 14.2 Å². The number of nitrogens with one attached hydrogen (secondary N) is 1. The minimum atomic E-state index is -0.0346. The van der Waals surface area contributed by atoms with E-state index in [2.05, 4.69) is 5.32 Å². The number of aryl methyl sites for hydroxylation is 1. The molecule has 0 spiro atoms. The lowest BCUT2D eigenvalue weighted by molar-refractivity contribution is 0.303. The maximum Gasteiger partial charge on any atom is 0.127 e. The fraction of sp³-hybridized carbons (Fsp3) is 0.600. The van der Waals surface area contributed by atoms with Crippen molar-refractivity contribution in [3.05, 3.63) is 23.3 Å². The van der Waals surface area contributed by atoms with Crippen LogP contribution in [0.5, 0.6) is 11.5 Å². The van der Waals surface area contributed by atoms with Gasteiger partial charge in [-0.05, 0) is 56.5 Å². The molecule has 106 valence electrons. The van der Waals surface area contributed by atoms with E-state index in [-0.39, 0.29) is 6.04 Å². The van der Waals surface area contributed by atoms with Gasteiger partial charge >= 0.3 is 0 Å². The van der Waals surface area contributed by atoms with Crippen LogP contribution in [0.1, 0.15) is 30.0 Å². The minimum absolute atomic E-state index is 0.0346. The summed E-state index contributed by atoms with van der Waals surface area (Å²) >= 11 is 0. The molecule has 3 N–H and O–H groups in total. The average Bonchev–Trinajstić information content (AvgIpc) is 2.46. The predicted molar refractivity (Wildman–Crippen MR) is 76.8 cm³/mol. The van der Waals surface area contributed by atoms with E-state index in [4.69, 9.17) is 15.2 Å². The van der Waals surface area contributed by atoms with E-state index in [0.717, 1.165) is 48.6 Å². The quantitative estimate of drug-likeness (QED) is 0.873. The molecule has 19 heavy (non-hydrogen) atoms. The average molecular weight is 264 g/mol. The Morgan fingerprint density at radius 1 is 1.16 bits per heavy atom. The van der Waals surface area contributed by atoms with Gasteiger partial charge in [0.2, 0.25) is 0 Å². The van der Waals surface area contributed by atoms with Crippen LogP contribution in [0.15, 0.2) is 12.1 Å². The van der Waals surface area contributed by atoms with Gasteiger partial charge in [0.05, 0.1) is 19.8 Å². The predicted octanol–water partition coefficient (Wildman–Crippen LogP) is 2.01. The SMILES string of the molecule is COc1cc(C)cc(OC)c1[C@H](N)C1CCNCC1. The van der Waals surface area contributed by atoms with Gasteiger partial charge in [-0.3, -0.25) is 0 Å². The van der Waals surface area contributed by atoms with Crippen molar-refractivity contribution in [1.29, 1.82) is 0 Å². The van der Waals surface area contributed by atoms with E-state index in [9.17, 15) is 0 Å². The van der Waals surface area contributed by atoms with Crippen molar-refractivity contribution in [3.63, 3.8) is 0 Å². The van der Waals surface area contributed by atoms with E-state index in [1.165, 1.54) is 0 Å². The van der Waals surface area contributed by atoms with Crippen molar-refractivity contribution in [2.24, 2.45) is 11.7 Å². The molecule has 0 radical (unpaired) electrons. The highest BCUT2D eigenvalue weighted by molar-refractivity contribution is 5.50. The molecule has 1 aromatic rings. The van der Waals surface area contributed by atoms with Crippen LogP contribution in [0.25, 0.3) is 0 Å². The van der Waals surface area contributed by atoms with E-state index >= 15 is 0 Å². The van der Waals surface area contributed by atoms with Gasteiger partial charge in [-0.2, -0.15) is 0 Å². The zero-order valence-electron chi connectivity index (χ0n) is 12.0. The second-order valence-corrected chi connectivity index (χ2v) is 5.20. The Bertz CT molecular complexity index is 403. The largest absolute Gasteiger partial charge is 0.496 e. The molecule has 1 aromatic carbocycles. The Kier molecular flexibility index (Phi) is 4.66. The van der Waals surface area contributed by atoms with Crippen LogP contribution in [-0.4, -0.2) is 27.3 Å². The molecule has 0 amide bonds. The highest BCUT2D eigenvalue weighted by Gasteiger charge is 2.27. The van der Waals surface area contributed by atoms with Gasteiger partial charge in [-0.1, -0.05) is 0 Å². The molecule has 1 atom stereocenters. The fourth-order valence-electron chi connectivity index (χ4n) is 2.84. The Morgan fingerprint density at radius 3 is 2.16 bits per heavy atom. The molecule has 2 rings (SSSR count). The topological polar surface area (TPSA) is 56.5 Å². The third-order valence-corrected chi connectivity index (χ3v) is 3.91. The molecule has 1 aliphatic rings. The maximum absolute atomic E-state index is 6.48. The number of hydrogen-bond acceptors (Lipinski definition) is 4. The Labute approximate surface area is 115 Å². The molecule has 4 nitrogen and oxygen atoms in total. The summed E-state index contributed by atoms with van der Waals surface area (Å²) in [4.78, 5) is 0. The van der Waals surface area contributed by atoms with Crippen molar-refractivity contribution in [1.82, 2.24) is 5.32 Å². The standard InChI is InChI=1S/C15H24N2O2/c1-10-8-12(18-2)14(13(9-10)19-3)15(16)11-4-6-17-7-5-11/h8-9,11,15,17H,4-7,16H2,1-3H3/t15-/m1/s1. The van der Waals surface area contributed by atoms with Crippen molar-refractivity contribution >= 4 is 0 Å². The van der Waals surface area contributed by atoms with Gasteiger partial charge in [0.1, 0.15) is 11.5 Å². The molecule has 0 aromatic heterocycles. The van der Waals surface area contributed by atoms with Gasteiger partial charge in [0.25, 0.3) is 0 Å². The molecule has 0 unspecified atom stereocenters. The summed E-state index contributed by atoms with van der Waals surface area (Å²) in [7, 11) is 3.37. The summed E-state index contributed by atoms with van der Waals surface area (Å²) in [6, 6.07) is 4.02. The lowest BCUT2D eigenvalue weighted by Gasteiger charge is -2.30. The van der Waals surface area contributed by atoms with Crippen molar-refractivity contribution in [3.8, 4) is 11.5 Å². The van der Waals surface area contributed by atoms with Crippen molar-refractivity contribution in [2.75, 3.05) is 27.3 Å². The lowest BCUT2D eigenvalue weighted by atomic mass is 9.85. The second kappa shape index (κ2) is 6.26. The monoisotopic (exact) mass is 264 g/mol. The van der Waals surface area contributed by atoms with Crippen molar-refractivity contribution in [2.45, 2.75) is 25.8 Å². The summed E-state index contributed by atoms with van der Waals surface area (Å²) in [5.74, 6) is 2.15. The summed E-state index contributed by atoms with van der Waals surface area (Å²) < 4.78 is 11.0. The molecule has 0 bridgehead atoms. The molecular formula is C15H24N2O2. The summed E-state index contributed by atoms with van der Waals surface area (Å²) in [6.45, 7) is 4.11. The number of hydrogen-bond donors (Lipinski definition) is 2. The third kappa shape index (κ3) is 3.01. The molecule has 1 saturated heterocycles. The first-order chi connectivity index (χ1) is 9.17. The fourth-order valence-corrected chi connectivity index (χ4v) is 2.84. The third-order valence-electron chi connectivity index (χ3n) is 3.91. The molecule has 1 fully saturated rings. The maximum atomic E-state index is 6.48. The summed E-state index contributed by atoms with van der Waals surface area (Å²) in [5.41, 5.74) is 8.61. The highest BCUT2D eigenvalue weighted by atomic mass is 16.5. The zero-order valence-corrected chi connectivity index (χ0v) is 12.0. The minimum Gasteiger partial charge on any atom is -0.496 e. The molecule has 0 saturated carbocycles. The van der Waals surface area contributed by atoms with Crippen LogP contribution >= 0.6 is 0 Å². The van der Waals surface area contributed by atoms with Crippen LogP contribution in [0, 0.1) is 12.8 Å². The Balaban J connectivity index is 2.35. The molecule has 0 aliphatic carbocycles. The van der Waals surface area contributed by atoms with E-state index in [1.807, 2.05) is 19.1 Å². The zero-order chi connectivity index (χ0) is 13.8. The first-order valence-electron chi connectivity index (χ1n) is 6.86. The smallest absolute Gasteiger partial charge is 0.127 e. The normalized spacial score (nSPS) is 18.1. The number of methoxy groups -OCH3 is 2. The van der Waals surface area contributed by atoms with Gasteiger partial charge in [0, 0.05) is 6.04 Å². The van der Waals surface area contributed by atoms with Gasteiger partial charge in [0.15, 0.2) is 0 Å².